The molecule has 3 aromatic rings. The van der Waals surface area contributed by atoms with E-state index < -0.39 is 65.2 Å². The molecule has 2 saturated heterocycles. The Bertz CT molecular complexity index is 1490. The molecule has 0 aliphatic carbocycles. The van der Waals surface area contributed by atoms with E-state index in [1.54, 1.807) is 11.5 Å². The Kier molecular flexibility index (Phi) is 9.34. The average Bonchev–Trinajstić information content (AvgIpc) is 3.62. The minimum Gasteiger partial charge on any atom is -0.777 e. The molecule has 0 radical (unpaired) electrons. The predicted octanol–water partition coefficient (Wildman–Crippen LogP) is 0.450. The molecule has 0 bridgehead atoms. The zero-order chi connectivity index (χ0) is 29.9. The third kappa shape index (κ3) is 7.03. The van der Waals surface area contributed by atoms with Crippen LogP contribution >= 0.6 is 15.4 Å². The molecule has 3 N–H and O–H groups in total. The van der Waals surface area contributed by atoms with E-state index in [9.17, 15) is 23.7 Å². The maximum absolute atomic E-state index is 12.3. The highest BCUT2D eigenvalue weighted by Crippen LogP contribution is 2.54. The lowest BCUT2D eigenvalue weighted by Gasteiger charge is -2.32. The van der Waals surface area contributed by atoms with Gasteiger partial charge < -0.3 is 43.7 Å². The highest BCUT2D eigenvalue weighted by atomic mass is 31.3. The molecule has 2 aliphatic rings. The number of ether oxygens (including phenoxy) is 3. The summed E-state index contributed by atoms with van der Waals surface area (Å²) in [6, 6.07) is 9.00. The number of phosphoric ester groups is 1. The van der Waals surface area contributed by atoms with Crippen LogP contribution in [0.1, 0.15) is 18.7 Å². The number of carbonyl (C=O) groups is 1. The molecule has 2 aliphatic heterocycles. The Balaban J connectivity index is 1.38. The van der Waals surface area contributed by atoms with Crippen LogP contribution in [0.15, 0.2) is 43.0 Å². The van der Waals surface area contributed by atoms with E-state index >= 15 is 0 Å². The van der Waals surface area contributed by atoms with E-state index in [0.29, 0.717) is 18.6 Å². The first kappa shape index (κ1) is 30.6. The molecule has 5 rings (SSSR count). The Morgan fingerprint density at radius 3 is 2.60 bits per heavy atom. The first-order chi connectivity index (χ1) is 20.1. The lowest BCUT2D eigenvalue weighted by atomic mass is 10.1. The second-order valence-corrected chi connectivity index (χ2v) is 12.7. The molecule has 4 heterocycles. The van der Waals surface area contributed by atoms with Crippen LogP contribution in [0.25, 0.3) is 11.2 Å². The number of benzene rings is 1. The Hall–Kier alpha value is -2.82. The average molecular weight is 625 g/mol. The summed E-state index contributed by atoms with van der Waals surface area (Å²) < 4.78 is 53.4. The molecule has 4 unspecified atom stereocenters. The standard InChI is InChI=1S/C23H31N7O10P2/c1-3-25-23(31)29-20-17-21(27-11-26-20)30(12-28-17)22-19-18(38-16(39-19)9-14-7-5-4-6-8-14)15(37-22)10-36-42(34,35)40-41(32,33)13-24-2/h4-8,11-12,15-16,18-19,22,24H,3,9-10,13H2,1-2H3,(H,32,33)(H,34,35)(H2,25,26,27,29,31)/p-2/t15-,16?,18?,19+,22-/m1/s1. The number of aromatic nitrogens is 4. The van der Waals surface area contributed by atoms with Crippen molar-refractivity contribution in [3.05, 3.63) is 48.5 Å². The summed E-state index contributed by atoms with van der Waals surface area (Å²) in [4.78, 5) is 49.0. The van der Waals surface area contributed by atoms with Crippen molar-refractivity contribution in [2.45, 2.75) is 44.2 Å². The van der Waals surface area contributed by atoms with E-state index in [1.165, 1.54) is 19.7 Å². The van der Waals surface area contributed by atoms with Crippen molar-refractivity contribution < 1.29 is 46.8 Å². The quantitative estimate of drug-likeness (QED) is 0.233. The fourth-order valence-electron chi connectivity index (χ4n) is 4.67. The second-order valence-electron chi connectivity index (χ2n) is 9.36. The lowest BCUT2D eigenvalue weighted by molar-refractivity contribution is -0.234. The van der Waals surface area contributed by atoms with Gasteiger partial charge in [0.15, 0.2) is 37.1 Å². The smallest absolute Gasteiger partial charge is 0.320 e. The van der Waals surface area contributed by atoms with E-state index in [1.807, 2.05) is 30.3 Å². The molecule has 7 atom stereocenters. The Morgan fingerprint density at radius 1 is 1.10 bits per heavy atom. The summed E-state index contributed by atoms with van der Waals surface area (Å²) in [5, 5.41) is 7.54. The number of hydrogen-bond donors (Lipinski definition) is 3. The third-order valence-corrected chi connectivity index (χ3v) is 9.29. The van der Waals surface area contributed by atoms with Crippen molar-refractivity contribution in [3.8, 4) is 0 Å². The van der Waals surface area contributed by atoms with Crippen LogP contribution in [-0.4, -0.2) is 76.6 Å². The van der Waals surface area contributed by atoms with Gasteiger partial charge >= 0.3 is 6.03 Å². The number of hydrogen-bond acceptors (Lipinski definition) is 14. The van der Waals surface area contributed by atoms with E-state index in [2.05, 4.69) is 35.2 Å². The van der Waals surface area contributed by atoms with Crippen molar-refractivity contribution in [2.24, 2.45) is 0 Å². The van der Waals surface area contributed by atoms with Gasteiger partial charge in [-0.3, -0.25) is 18.8 Å². The van der Waals surface area contributed by atoms with Crippen molar-refractivity contribution in [1.82, 2.24) is 30.2 Å². The number of carbonyl (C=O) groups excluding carboxylic acids is 1. The molecule has 2 aromatic heterocycles. The maximum atomic E-state index is 12.3. The molecule has 0 spiro atoms. The SMILES string of the molecule is CCNC(=O)Nc1ncnc2c1ncn2[C@@H]1O[C@H](COP(=O)([O-])OP(=O)([O-])CNC)C2OC(Cc3ccccc3)O[C@@H]21. The number of rotatable bonds is 12. The van der Waals surface area contributed by atoms with Gasteiger partial charge in [0.1, 0.15) is 24.6 Å². The van der Waals surface area contributed by atoms with Crippen LogP contribution in [-0.2, 0) is 38.6 Å². The van der Waals surface area contributed by atoms with Crippen molar-refractivity contribution in [2.75, 3.05) is 31.8 Å². The fraction of sp³-hybridized carbons (Fsp3) is 0.478. The van der Waals surface area contributed by atoms with E-state index in [4.69, 9.17) is 18.7 Å². The summed E-state index contributed by atoms with van der Waals surface area (Å²) in [6.07, 6.45) is -1.85. The largest absolute Gasteiger partial charge is 0.777 e. The van der Waals surface area contributed by atoms with Crippen LogP contribution < -0.4 is 25.7 Å². The van der Waals surface area contributed by atoms with Gasteiger partial charge in [0.25, 0.3) is 7.82 Å². The Labute approximate surface area is 240 Å². The number of nitrogens with one attached hydrogen (secondary N) is 3. The molecule has 2 fully saturated rings. The summed E-state index contributed by atoms with van der Waals surface area (Å²) in [5.41, 5.74) is 1.52. The normalized spacial score (nSPS) is 26.4. The van der Waals surface area contributed by atoms with Crippen molar-refractivity contribution >= 4 is 38.4 Å². The lowest BCUT2D eigenvalue weighted by Crippen LogP contribution is -2.32. The topological polar surface area (TPSA) is 223 Å². The van der Waals surface area contributed by atoms with Crippen LogP contribution in [0, 0.1) is 0 Å². The van der Waals surface area contributed by atoms with E-state index in [0.717, 1.165) is 5.56 Å². The Morgan fingerprint density at radius 2 is 1.86 bits per heavy atom. The third-order valence-electron chi connectivity index (χ3n) is 6.32. The number of imidazole rings is 1. The van der Waals surface area contributed by atoms with Gasteiger partial charge in [-0.25, -0.2) is 19.7 Å². The van der Waals surface area contributed by atoms with Crippen molar-refractivity contribution in [1.29, 1.82) is 0 Å². The first-order valence-corrected chi connectivity index (χ1v) is 16.1. The molecule has 17 nitrogen and oxygen atoms in total. The maximum Gasteiger partial charge on any atom is 0.320 e. The fourth-order valence-corrected chi connectivity index (χ4v) is 7.02. The first-order valence-electron chi connectivity index (χ1n) is 12.9. The summed E-state index contributed by atoms with van der Waals surface area (Å²) in [7, 11) is -8.72. The summed E-state index contributed by atoms with van der Waals surface area (Å²) in [6.45, 7) is 1.55. The number of urea groups is 1. The van der Waals surface area contributed by atoms with Gasteiger partial charge in [0.05, 0.1) is 19.2 Å². The van der Waals surface area contributed by atoms with Crippen LogP contribution in [0.2, 0.25) is 0 Å². The highest BCUT2D eigenvalue weighted by molar-refractivity contribution is 7.62. The minimum atomic E-state index is -5.28. The van der Waals surface area contributed by atoms with Crippen LogP contribution in [0.4, 0.5) is 10.6 Å². The van der Waals surface area contributed by atoms with Crippen LogP contribution in [0.5, 0.6) is 0 Å². The molecule has 1 aromatic carbocycles. The monoisotopic (exact) mass is 625 g/mol. The molecule has 42 heavy (non-hydrogen) atoms. The van der Waals surface area contributed by atoms with Gasteiger partial charge in [0, 0.05) is 13.0 Å². The van der Waals surface area contributed by atoms with Crippen LogP contribution in [0.3, 0.4) is 0 Å². The number of anilines is 1. The molecule has 2 amide bonds. The zero-order valence-electron chi connectivity index (χ0n) is 22.5. The summed E-state index contributed by atoms with van der Waals surface area (Å²) in [5.74, 6) is 0.165. The van der Waals surface area contributed by atoms with Gasteiger partial charge in [0.2, 0.25) is 0 Å². The number of phosphoric acid groups is 1. The number of nitrogens with zero attached hydrogens (tertiary/aromatic N) is 4. The van der Waals surface area contributed by atoms with Gasteiger partial charge in [-0.15, -0.1) is 0 Å². The summed E-state index contributed by atoms with van der Waals surface area (Å²) >= 11 is 0. The second kappa shape index (κ2) is 12.8. The van der Waals surface area contributed by atoms with E-state index in [-0.39, 0.29) is 11.3 Å². The van der Waals surface area contributed by atoms with Gasteiger partial charge in [-0.05, 0) is 19.5 Å². The molecule has 19 heteroatoms. The molecule has 0 saturated carbocycles. The van der Waals surface area contributed by atoms with Gasteiger partial charge in [-0.1, -0.05) is 30.3 Å². The molecule has 228 valence electrons. The molecular formula is C23H29N7O10P2-2. The number of fused-ring (bicyclic) bond motifs is 2. The zero-order valence-corrected chi connectivity index (χ0v) is 24.3. The van der Waals surface area contributed by atoms with Crippen molar-refractivity contribution in [3.63, 3.8) is 0 Å². The highest BCUT2D eigenvalue weighted by Gasteiger charge is 2.54. The predicted molar refractivity (Wildman–Crippen MR) is 142 cm³/mol. The van der Waals surface area contributed by atoms with Gasteiger partial charge in [-0.2, -0.15) is 0 Å². The minimum absolute atomic E-state index is 0.165. The molecular weight excluding hydrogens is 596 g/mol. The number of amides is 2.